The molecule has 3 heteroatoms. The van der Waals surface area contributed by atoms with Crippen LogP contribution >= 0.6 is 11.6 Å². The summed E-state index contributed by atoms with van der Waals surface area (Å²) >= 11 is 5.67. The first-order valence-electron chi connectivity index (χ1n) is 4.01. The minimum atomic E-state index is 0.352. The number of alkyl halides is 1. The molecule has 0 fully saturated rings. The van der Waals surface area contributed by atoms with E-state index in [1.54, 1.807) is 12.4 Å². The Morgan fingerprint density at radius 1 is 1.50 bits per heavy atom. The number of halogens is 1. The van der Waals surface area contributed by atoms with Crippen LogP contribution in [0, 0.1) is 0 Å². The molecule has 1 rings (SSSR count). The zero-order chi connectivity index (χ0) is 8.81. The number of hydrogen-bond acceptors (Lipinski definition) is 2. The van der Waals surface area contributed by atoms with Gasteiger partial charge in [-0.2, -0.15) is 0 Å². The third-order valence-electron chi connectivity index (χ3n) is 1.85. The van der Waals surface area contributed by atoms with E-state index in [1.165, 1.54) is 5.56 Å². The average molecular weight is 185 g/mol. The van der Waals surface area contributed by atoms with Crippen molar-refractivity contribution in [2.45, 2.75) is 12.5 Å². The van der Waals surface area contributed by atoms with Crippen LogP contribution in [0.1, 0.15) is 18.0 Å². The smallest absolute Gasteiger partial charge is 0.0330 e. The summed E-state index contributed by atoms with van der Waals surface area (Å²) in [5.74, 6) is 0.674. The molecule has 0 bridgehead atoms. The number of nitrogens with one attached hydrogen (secondary N) is 1. The quantitative estimate of drug-likeness (QED) is 0.724. The monoisotopic (exact) mass is 184 g/mol. The van der Waals surface area contributed by atoms with E-state index in [1.807, 2.05) is 19.2 Å². The standard InChI is InChI=1S/C9H13ClN2/c1-11-9(2-5-10)8-3-6-12-7-4-8/h3-4,6-7,9,11H,2,5H2,1H3. The summed E-state index contributed by atoms with van der Waals surface area (Å²) in [6.07, 6.45) is 4.55. The molecule has 0 aliphatic heterocycles. The molecule has 1 atom stereocenters. The highest BCUT2D eigenvalue weighted by Gasteiger charge is 2.06. The number of rotatable bonds is 4. The summed E-state index contributed by atoms with van der Waals surface area (Å²) in [6, 6.07) is 4.37. The Morgan fingerprint density at radius 3 is 2.67 bits per heavy atom. The van der Waals surface area contributed by atoms with E-state index < -0.39 is 0 Å². The summed E-state index contributed by atoms with van der Waals surface area (Å²) < 4.78 is 0. The summed E-state index contributed by atoms with van der Waals surface area (Å²) in [5, 5.41) is 3.21. The van der Waals surface area contributed by atoms with Crippen LogP contribution in [0.2, 0.25) is 0 Å². The van der Waals surface area contributed by atoms with Crippen LogP contribution in [-0.4, -0.2) is 17.9 Å². The first kappa shape index (κ1) is 9.49. The van der Waals surface area contributed by atoms with Gasteiger partial charge in [-0.3, -0.25) is 4.98 Å². The maximum Gasteiger partial charge on any atom is 0.0330 e. The first-order valence-corrected chi connectivity index (χ1v) is 4.55. The Hall–Kier alpha value is -0.600. The molecule has 0 aliphatic carbocycles. The molecular formula is C9H13ClN2. The fourth-order valence-corrected chi connectivity index (χ4v) is 1.40. The van der Waals surface area contributed by atoms with Crippen molar-refractivity contribution in [3.8, 4) is 0 Å². The minimum Gasteiger partial charge on any atom is -0.313 e. The normalized spacial score (nSPS) is 12.8. The highest BCUT2D eigenvalue weighted by Crippen LogP contribution is 2.15. The van der Waals surface area contributed by atoms with Crippen LogP contribution in [0.25, 0.3) is 0 Å². The molecule has 66 valence electrons. The van der Waals surface area contributed by atoms with Gasteiger partial charge >= 0.3 is 0 Å². The molecule has 1 aromatic rings. The van der Waals surface area contributed by atoms with Crippen LogP contribution in [0.15, 0.2) is 24.5 Å². The molecule has 0 amide bonds. The SMILES string of the molecule is CNC(CCCl)c1ccncc1. The van der Waals surface area contributed by atoms with E-state index in [9.17, 15) is 0 Å². The first-order chi connectivity index (χ1) is 5.88. The predicted molar refractivity (Wildman–Crippen MR) is 51.4 cm³/mol. The molecule has 0 aromatic carbocycles. The average Bonchev–Trinajstić information content (AvgIpc) is 2.15. The van der Waals surface area contributed by atoms with E-state index in [-0.39, 0.29) is 0 Å². The molecule has 1 heterocycles. The lowest BCUT2D eigenvalue weighted by molar-refractivity contribution is 0.579. The van der Waals surface area contributed by atoms with Crippen LogP contribution in [0.3, 0.4) is 0 Å². The summed E-state index contributed by atoms with van der Waals surface area (Å²) in [6.45, 7) is 0. The number of hydrogen-bond donors (Lipinski definition) is 1. The fourth-order valence-electron chi connectivity index (χ4n) is 1.18. The van der Waals surface area contributed by atoms with Gasteiger partial charge in [0.1, 0.15) is 0 Å². The zero-order valence-electron chi connectivity index (χ0n) is 7.13. The van der Waals surface area contributed by atoms with E-state index in [0.717, 1.165) is 6.42 Å². The molecule has 0 aliphatic rings. The van der Waals surface area contributed by atoms with Crippen molar-refractivity contribution >= 4 is 11.6 Å². The number of aromatic nitrogens is 1. The largest absolute Gasteiger partial charge is 0.313 e. The van der Waals surface area contributed by atoms with Crippen LogP contribution in [-0.2, 0) is 0 Å². The van der Waals surface area contributed by atoms with Gasteiger partial charge in [0.2, 0.25) is 0 Å². The molecule has 1 N–H and O–H groups in total. The van der Waals surface area contributed by atoms with Gasteiger partial charge in [-0.25, -0.2) is 0 Å². The topological polar surface area (TPSA) is 24.9 Å². The van der Waals surface area contributed by atoms with Crippen LogP contribution in [0.4, 0.5) is 0 Å². The molecule has 0 saturated heterocycles. The van der Waals surface area contributed by atoms with Crippen molar-refractivity contribution < 1.29 is 0 Å². The molecule has 0 radical (unpaired) electrons. The molecule has 1 aromatic heterocycles. The molecule has 1 unspecified atom stereocenters. The summed E-state index contributed by atoms with van der Waals surface area (Å²) in [4.78, 5) is 3.96. The van der Waals surface area contributed by atoms with Crippen LogP contribution < -0.4 is 5.32 Å². The van der Waals surface area contributed by atoms with E-state index >= 15 is 0 Å². The van der Waals surface area contributed by atoms with Crippen molar-refractivity contribution in [2.24, 2.45) is 0 Å². The zero-order valence-corrected chi connectivity index (χ0v) is 7.88. The Labute approximate surface area is 78.0 Å². The van der Waals surface area contributed by atoms with Crippen molar-refractivity contribution in [3.05, 3.63) is 30.1 Å². The third kappa shape index (κ3) is 2.47. The van der Waals surface area contributed by atoms with Crippen molar-refractivity contribution in [1.29, 1.82) is 0 Å². The molecule has 0 saturated carbocycles. The minimum absolute atomic E-state index is 0.352. The van der Waals surface area contributed by atoms with Gasteiger partial charge in [0, 0.05) is 24.3 Å². The molecule has 0 spiro atoms. The van der Waals surface area contributed by atoms with Gasteiger partial charge in [0.25, 0.3) is 0 Å². The maximum atomic E-state index is 5.67. The molecular weight excluding hydrogens is 172 g/mol. The van der Waals surface area contributed by atoms with E-state index in [4.69, 9.17) is 11.6 Å². The molecule has 2 nitrogen and oxygen atoms in total. The Kier molecular flexibility index (Phi) is 4.05. The predicted octanol–water partition coefficient (Wildman–Crippen LogP) is 1.97. The van der Waals surface area contributed by atoms with Gasteiger partial charge in [0.05, 0.1) is 0 Å². The van der Waals surface area contributed by atoms with Gasteiger partial charge in [-0.05, 0) is 31.2 Å². The van der Waals surface area contributed by atoms with Crippen LogP contribution in [0.5, 0.6) is 0 Å². The fraction of sp³-hybridized carbons (Fsp3) is 0.444. The van der Waals surface area contributed by atoms with Gasteiger partial charge < -0.3 is 5.32 Å². The number of pyridine rings is 1. The van der Waals surface area contributed by atoms with Crippen molar-refractivity contribution in [2.75, 3.05) is 12.9 Å². The van der Waals surface area contributed by atoms with E-state index in [2.05, 4.69) is 10.3 Å². The Morgan fingerprint density at radius 2 is 2.17 bits per heavy atom. The van der Waals surface area contributed by atoms with Gasteiger partial charge in [-0.1, -0.05) is 0 Å². The van der Waals surface area contributed by atoms with E-state index in [0.29, 0.717) is 11.9 Å². The third-order valence-corrected chi connectivity index (χ3v) is 2.07. The second-order valence-electron chi connectivity index (χ2n) is 2.60. The summed E-state index contributed by atoms with van der Waals surface area (Å²) in [5.41, 5.74) is 1.24. The van der Waals surface area contributed by atoms with Gasteiger partial charge in [-0.15, -0.1) is 11.6 Å². The van der Waals surface area contributed by atoms with Crippen molar-refractivity contribution in [1.82, 2.24) is 10.3 Å². The highest BCUT2D eigenvalue weighted by atomic mass is 35.5. The maximum absolute atomic E-state index is 5.67. The van der Waals surface area contributed by atoms with Gasteiger partial charge in [0.15, 0.2) is 0 Å². The lowest BCUT2D eigenvalue weighted by Crippen LogP contribution is -2.16. The Bertz CT molecular complexity index is 213. The second-order valence-corrected chi connectivity index (χ2v) is 2.98. The summed E-state index contributed by atoms with van der Waals surface area (Å²) in [7, 11) is 1.94. The number of nitrogens with zero attached hydrogens (tertiary/aromatic N) is 1. The lowest BCUT2D eigenvalue weighted by Gasteiger charge is -2.14. The highest BCUT2D eigenvalue weighted by molar-refractivity contribution is 6.17. The molecule has 12 heavy (non-hydrogen) atoms. The Balaban J connectivity index is 2.66. The van der Waals surface area contributed by atoms with Crippen molar-refractivity contribution in [3.63, 3.8) is 0 Å². The second kappa shape index (κ2) is 5.12. The lowest BCUT2D eigenvalue weighted by atomic mass is 10.1.